The Balaban J connectivity index is 1.47. The minimum absolute atomic E-state index is 0.196. The molecule has 0 amide bonds. The van der Waals surface area contributed by atoms with Gasteiger partial charge in [0, 0.05) is 17.4 Å². The first-order chi connectivity index (χ1) is 13.1. The van der Waals surface area contributed by atoms with Gasteiger partial charge in [0.05, 0.1) is 0 Å². The molecular formula is C25H28O2. The highest BCUT2D eigenvalue weighted by Crippen LogP contribution is 2.51. The van der Waals surface area contributed by atoms with E-state index < -0.39 is 0 Å². The molecule has 1 aliphatic carbocycles. The summed E-state index contributed by atoms with van der Waals surface area (Å²) < 4.78 is 6.05. The first kappa shape index (κ1) is 17.9. The Bertz CT molecular complexity index is 863. The Morgan fingerprint density at radius 1 is 1.07 bits per heavy atom. The lowest BCUT2D eigenvalue weighted by Crippen LogP contribution is -2.25. The summed E-state index contributed by atoms with van der Waals surface area (Å²) in [5.41, 5.74) is 4.86. The summed E-state index contributed by atoms with van der Waals surface area (Å²) in [5, 5.41) is 10.7. The Labute approximate surface area is 162 Å². The number of benzene rings is 2. The van der Waals surface area contributed by atoms with Gasteiger partial charge in [0.1, 0.15) is 17.3 Å². The average Bonchev–Trinajstić information content (AvgIpc) is 2.65. The second-order valence-corrected chi connectivity index (χ2v) is 7.97. The summed E-state index contributed by atoms with van der Waals surface area (Å²) >= 11 is 0. The molecular weight excluding hydrogens is 332 g/mol. The van der Waals surface area contributed by atoms with Crippen molar-refractivity contribution in [2.75, 3.05) is 0 Å². The van der Waals surface area contributed by atoms with Gasteiger partial charge in [-0.2, -0.15) is 0 Å². The molecule has 2 atom stereocenters. The first-order valence-electron chi connectivity index (χ1n) is 10.1. The Hall–Kier alpha value is -2.48. The lowest BCUT2D eigenvalue weighted by molar-refractivity contribution is 0.275. The highest BCUT2D eigenvalue weighted by Gasteiger charge is 2.36. The molecule has 0 unspecified atom stereocenters. The van der Waals surface area contributed by atoms with E-state index in [1.165, 1.54) is 11.1 Å². The standard InChI is InChI=1S/C25H28O2/c1-17-12-13-21-18(2)27-24-16-20(15-23(26)25(24)22(21)14-17)11-7-6-10-19-8-4-3-5-9-19/h3-5,8-9,14-16,21-22,26H,2,6-7,10-13H2,1H3/t21-,22+/m0/s1. The summed E-state index contributed by atoms with van der Waals surface area (Å²) in [6, 6.07) is 14.7. The zero-order valence-corrected chi connectivity index (χ0v) is 16.1. The SMILES string of the molecule is C=C1Oc2cc(CCCCc3ccccc3)cc(O)c2[C@@H]2C=C(C)CC[C@@H]12. The minimum Gasteiger partial charge on any atom is -0.507 e. The molecule has 0 fully saturated rings. The van der Waals surface area contributed by atoms with Gasteiger partial charge in [-0.15, -0.1) is 0 Å². The van der Waals surface area contributed by atoms with Crippen LogP contribution >= 0.6 is 0 Å². The van der Waals surface area contributed by atoms with Crippen molar-refractivity contribution in [2.24, 2.45) is 5.92 Å². The molecule has 2 aromatic carbocycles. The molecule has 2 aromatic rings. The van der Waals surface area contributed by atoms with Gasteiger partial charge in [0.2, 0.25) is 0 Å². The summed E-state index contributed by atoms with van der Waals surface area (Å²) in [5.74, 6) is 2.49. The number of allylic oxidation sites excluding steroid dienone is 3. The molecule has 2 heteroatoms. The normalized spacial score (nSPS) is 21.1. The number of unbranched alkanes of at least 4 members (excludes halogenated alkanes) is 1. The number of phenols is 1. The summed E-state index contributed by atoms with van der Waals surface area (Å²) in [6.07, 6.45) is 8.71. The quantitative estimate of drug-likeness (QED) is 0.500. The van der Waals surface area contributed by atoms with Crippen LogP contribution in [0.4, 0.5) is 0 Å². The molecule has 4 rings (SSSR count). The largest absolute Gasteiger partial charge is 0.507 e. The number of ether oxygens (including phenoxy) is 1. The zero-order valence-electron chi connectivity index (χ0n) is 16.1. The fourth-order valence-electron chi connectivity index (χ4n) is 4.47. The number of fused-ring (bicyclic) bond motifs is 3. The maximum atomic E-state index is 10.7. The van der Waals surface area contributed by atoms with E-state index in [4.69, 9.17) is 4.74 Å². The van der Waals surface area contributed by atoms with E-state index in [9.17, 15) is 5.11 Å². The molecule has 1 aliphatic heterocycles. The van der Waals surface area contributed by atoms with Crippen molar-refractivity contribution in [1.29, 1.82) is 0 Å². The molecule has 2 aliphatic rings. The molecule has 27 heavy (non-hydrogen) atoms. The van der Waals surface area contributed by atoms with Gasteiger partial charge in [-0.3, -0.25) is 0 Å². The van der Waals surface area contributed by atoms with Crippen molar-refractivity contribution in [2.45, 2.75) is 51.4 Å². The highest BCUT2D eigenvalue weighted by atomic mass is 16.5. The van der Waals surface area contributed by atoms with Gasteiger partial charge in [-0.25, -0.2) is 0 Å². The van der Waals surface area contributed by atoms with Gasteiger partial charge in [-0.1, -0.05) is 48.6 Å². The van der Waals surface area contributed by atoms with Gasteiger partial charge in [0.25, 0.3) is 0 Å². The Morgan fingerprint density at radius 3 is 2.59 bits per heavy atom. The summed E-state index contributed by atoms with van der Waals surface area (Å²) in [6.45, 7) is 6.33. The third-order valence-electron chi connectivity index (χ3n) is 5.94. The monoisotopic (exact) mass is 360 g/mol. The minimum atomic E-state index is 0.196. The number of hydrogen-bond donors (Lipinski definition) is 1. The molecule has 0 aromatic heterocycles. The van der Waals surface area contributed by atoms with Crippen LogP contribution in [0.2, 0.25) is 0 Å². The molecule has 2 nitrogen and oxygen atoms in total. The molecule has 0 radical (unpaired) electrons. The number of aryl methyl sites for hydroxylation is 2. The lowest BCUT2D eigenvalue weighted by atomic mass is 9.74. The molecule has 0 saturated carbocycles. The molecule has 1 heterocycles. The van der Waals surface area contributed by atoms with Gasteiger partial charge >= 0.3 is 0 Å². The third kappa shape index (κ3) is 3.80. The van der Waals surface area contributed by atoms with Crippen molar-refractivity contribution in [1.82, 2.24) is 0 Å². The maximum absolute atomic E-state index is 10.7. The van der Waals surface area contributed by atoms with E-state index in [-0.39, 0.29) is 11.8 Å². The van der Waals surface area contributed by atoms with Gasteiger partial charge in [0.15, 0.2) is 0 Å². The van der Waals surface area contributed by atoms with Crippen molar-refractivity contribution in [3.8, 4) is 11.5 Å². The van der Waals surface area contributed by atoms with Crippen LogP contribution in [0.25, 0.3) is 0 Å². The Kier molecular flexibility index (Phi) is 5.07. The number of phenolic OH excluding ortho intramolecular Hbond substituents is 1. The first-order valence-corrected chi connectivity index (χ1v) is 10.1. The van der Waals surface area contributed by atoms with Crippen molar-refractivity contribution >= 4 is 0 Å². The zero-order chi connectivity index (χ0) is 18.8. The smallest absolute Gasteiger partial charge is 0.134 e. The lowest BCUT2D eigenvalue weighted by Gasteiger charge is -2.37. The van der Waals surface area contributed by atoms with Crippen LogP contribution < -0.4 is 4.74 Å². The molecule has 0 spiro atoms. The molecule has 140 valence electrons. The van der Waals surface area contributed by atoms with Crippen LogP contribution in [0.3, 0.4) is 0 Å². The van der Waals surface area contributed by atoms with E-state index in [0.29, 0.717) is 5.75 Å². The predicted molar refractivity (Wildman–Crippen MR) is 110 cm³/mol. The van der Waals surface area contributed by atoms with Crippen molar-refractivity contribution in [3.05, 3.63) is 83.1 Å². The topological polar surface area (TPSA) is 29.5 Å². The van der Waals surface area contributed by atoms with Crippen LogP contribution in [0, 0.1) is 5.92 Å². The molecule has 0 saturated heterocycles. The highest BCUT2D eigenvalue weighted by molar-refractivity contribution is 5.54. The summed E-state index contributed by atoms with van der Waals surface area (Å²) in [4.78, 5) is 0. The van der Waals surface area contributed by atoms with Crippen LogP contribution in [-0.4, -0.2) is 5.11 Å². The summed E-state index contributed by atoms with van der Waals surface area (Å²) in [7, 11) is 0. The molecule has 1 N–H and O–H groups in total. The second-order valence-electron chi connectivity index (χ2n) is 7.97. The Morgan fingerprint density at radius 2 is 1.81 bits per heavy atom. The van der Waals surface area contributed by atoms with Crippen molar-refractivity contribution in [3.63, 3.8) is 0 Å². The number of aromatic hydroxyl groups is 1. The van der Waals surface area contributed by atoms with Gasteiger partial charge in [-0.05, 0) is 68.7 Å². The second kappa shape index (κ2) is 7.64. The van der Waals surface area contributed by atoms with Crippen molar-refractivity contribution < 1.29 is 9.84 Å². The fourth-order valence-corrected chi connectivity index (χ4v) is 4.47. The van der Waals surface area contributed by atoms with E-state index >= 15 is 0 Å². The van der Waals surface area contributed by atoms with E-state index in [0.717, 1.165) is 61.2 Å². The van der Waals surface area contributed by atoms with E-state index in [1.807, 2.05) is 6.07 Å². The fraction of sp³-hybridized carbons (Fsp3) is 0.360. The molecule has 0 bridgehead atoms. The number of rotatable bonds is 5. The third-order valence-corrected chi connectivity index (χ3v) is 5.94. The van der Waals surface area contributed by atoms with Crippen LogP contribution in [0.1, 0.15) is 55.2 Å². The average molecular weight is 360 g/mol. The van der Waals surface area contributed by atoms with E-state index in [1.54, 1.807) is 0 Å². The van der Waals surface area contributed by atoms with Crippen LogP contribution in [0.15, 0.2) is 66.5 Å². The maximum Gasteiger partial charge on any atom is 0.134 e. The van der Waals surface area contributed by atoms with Crippen LogP contribution in [-0.2, 0) is 12.8 Å². The predicted octanol–water partition coefficient (Wildman–Crippen LogP) is 6.30. The van der Waals surface area contributed by atoms with Gasteiger partial charge < -0.3 is 9.84 Å². The number of hydrogen-bond acceptors (Lipinski definition) is 2. The van der Waals surface area contributed by atoms with E-state index in [2.05, 4.69) is 56.0 Å². The van der Waals surface area contributed by atoms with Crippen LogP contribution in [0.5, 0.6) is 11.5 Å².